The van der Waals surface area contributed by atoms with E-state index in [0.29, 0.717) is 4.47 Å². The van der Waals surface area contributed by atoms with E-state index < -0.39 is 11.7 Å². The van der Waals surface area contributed by atoms with E-state index in [1.54, 1.807) is 0 Å². The van der Waals surface area contributed by atoms with E-state index in [1.165, 1.54) is 12.1 Å². The Morgan fingerprint density at radius 1 is 1.54 bits per heavy atom. The van der Waals surface area contributed by atoms with Crippen molar-refractivity contribution in [1.82, 2.24) is 5.43 Å². The van der Waals surface area contributed by atoms with Crippen LogP contribution in [0.2, 0.25) is 0 Å². The zero-order chi connectivity index (χ0) is 9.14. The normalized spacial score (nSPS) is 8.85. The first kappa shape index (κ1) is 12.3. The minimum atomic E-state index is -0.513. The molecule has 1 aromatic rings. The van der Waals surface area contributed by atoms with Crippen LogP contribution in [0, 0.1) is 5.82 Å². The highest BCUT2D eigenvalue weighted by atomic mass is 79.9. The Balaban J connectivity index is 0.00000144. The summed E-state index contributed by atoms with van der Waals surface area (Å²) in [5.41, 5.74) is 2.10. The van der Waals surface area contributed by atoms with Gasteiger partial charge in [0.15, 0.2) is 0 Å². The van der Waals surface area contributed by atoms with Gasteiger partial charge in [0, 0.05) is 5.56 Å². The first-order valence-corrected chi connectivity index (χ1v) is 3.90. The molecule has 1 rings (SSSR count). The molecule has 0 atom stereocenters. The van der Waals surface area contributed by atoms with Crippen LogP contribution in [0.5, 0.6) is 0 Å². The third-order valence-electron chi connectivity index (χ3n) is 1.31. The maximum Gasteiger partial charge on any atom is 0.265 e. The number of hydrogen-bond donors (Lipinski definition) is 2. The van der Waals surface area contributed by atoms with Crippen molar-refractivity contribution in [3.63, 3.8) is 0 Å². The molecule has 0 aromatic heterocycles. The van der Waals surface area contributed by atoms with Gasteiger partial charge in [-0.3, -0.25) is 10.2 Å². The van der Waals surface area contributed by atoms with Gasteiger partial charge in [0.2, 0.25) is 0 Å². The number of nitrogen functional groups attached to an aromatic ring is 1. The molecular weight excluding hydrogens is 262 g/mol. The molecule has 0 aliphatic carbocycles. The lowest BCUT2D eigenvalue weighted by Crippen LogP contribution is -2.29. The Kier molecular flexibility index (Phi) is 4.90. The summed E-state index contributed by atoms with van der Waals surface area (Å²) in [5, 5.41) is 0. The number of halogens is 3. The van der Waals surface area contributed by atoms with Gasteiger partial charge in [-0.1, -0.05) is 0 Å². The van der Waals surface area contributed by atoms with Crippen molar-refractivity contribution in [1.29, 1.82) is 0 Å². The van der Waals surface area contributed by atoms with E-state index in [-0.39, 0.29) is 18.0 Å². The van der Waals surface area contributed by atoms with Crippen LogP contribution in [-0.2, 0) is 0 Å². The summed E-state index contributed by atoms with van der Waals surface area (Å²) in [6.07, 6.45) is 0. The fourth-order valence-corrected chi connectivity index (χ4v) is 0.967. The second-order valence-corrected chi connectivity index (χ2v) is 2.96. The third kappa shape index (κ3) is 2.95. The number of hydrogen-bond acceptors (Lipinski definition) is 2. The standard InChI is InChI=1S/C7H6BrFN2O.ClH/c8-5-2-1-4(3-6(5)9)7(12)11-10;/h1-3H,10H2,(H,11,12);1H. The highest BCUT2D eigenvalue weighted by molar-refractivity contribution is 9.10. The molecule has 6 heteroatoms. The predicted octanol–water partition coefficient (Wildman–Crippen LogP) is 1.61. The third-order valence-corrected chi connectivity index (χ3v) is 1.96. The van der Waals surface area contributed by atoms with Gasteiger partial charge < -0.3 is 0 Å². The number of nitrogens with two attached hydrogens (primary N) is 1. The van der Waals surface area contributed by atoms with E-state index in [4.69, 9.17) is 5.84 Å². The van der Waals surface area contributed by atoms with Crippen LogP contribution in [0.25, 0.3) is 0 Å². The van der Waals surface area contributed by atoms with Crippen LogP contribution >= 0.6 is 28.3 Å². The number of nitrogens with one attached hydrogen (secondary N) is 1. The second-order valence-electron chi connectivity index (χ2n) is 2.10. The molecule has 0 bridgehead atoms. The monoisotopic (exact) mass is 268 g/mol. The number of rotatable bonds is 1. The molecule has 3 N–H and O–H groups in total. The van der Waals surface area contributed by atoms with E-state index >= 15 is 0 Å². The zero-order valence-electron chi connectivity index (χ0n) is 6.38. The van der Waals surface area contributed by atoms with Crippen molar-refractivity contribution in [3.8, 4) is 0 Å². The number of carbonyl (C=O) groups is 1. The summed E-state index contributed by atoms with van der Waals surface area (Å²) in [6.45, 7) is 0. The molecule has 0 spiro atoms. The summed E-state index contributed by atoms with van der Waals surface area (Å²) in [7, 11) is 0. The van der Waals surface area contributed by atoms with Crippen LogP contribution in [0.4, 0.5) is 4.39 Å². The van der Waals surface area contributed by atoms with Gasteiger partial charge in [0.25, 0.3) is 5.91 Å². The van der Waals surface area contributed by atoms with Crippen LogP contribution in [0.3, 0.4) is 0 Å². The Bertz CT molecular complexity index is 321. The first-order chi connectivity index (χ1) is 5.65. The molecule has 13 heavy (non-hydrogen) atoms. The lowest BCUT2D eigenvalue weighted by molar-refractivity contribution is 0.0953. The Hall–Kier alpha value is -0.650. The Morgan fingerprint density at radius 3 is 2.62 bits per heavy atom. The summed E-state index contributed by atoms with van der Waals surface area (Å²) in [6, 6.07) is 4.02. The topological polar surface area (TPSA) is 55.1 Å². The van der Waals surface area contributed by atoms with Crippen LogP contribution in [0.15, 0.2) is 22.7 Å². The Labute approximate surface area is 89.0 Å². The minimum absolute atomic E-state index is 0. The van der Waals surface area contributed by atoms with Crippen molar-refractivity contribution < 1.29 is 9.18 Å². The largest absolute Gasteiger partial charge is 0.290 e. The first-order valence-electron chi connectivity index (χ1n) is 3.11. The molecule has 0 unspecified atom stereocenters. The van der Waals surface area contributed by atoms with Gasteiger partial charge in [-0.15, -0.1) is 12.4 Å². The number of benzene rings is 1. The molecule has 72 valence electrons. The average Bonchev–Trinajstić information content (AvgIpc) is 2.08. The quantitative estimate of drug-likeness (QED) is 0.462. The summed E-state index contributed by atoms with van der Waals surface area (Å²) < 4.78 is 13.1. The van der Waals surface area contributed by atoms with Crippen LogP contribution < -0.4 is 11.3 Å². The van der Waals surface area contributed by atoms with E-state index in [9.17, 15) is 9.18 Å². The predicted molar refractivity (Wildman–Crippen MR) is 53.0 cm³/mol. The lowest BCUT2D eigenvalue weighted by atomic mass is 10.2. The molecule has 3 nitrogen and oxygen atoms in total. The molecule has 0 fully saturated rings. The molecule has 1 amide bonds. The second kappa shape index (κ2) is 5.16. The fraction of sp³-hybridized carbons (Fsp3) is 0. The summed E-state index contributed by atoms with van der Waals surface area (Å²) in [4.78, 5) is 10.9. The molecule has 1 aromatic carbocycles. The summed E-state index contributed by atoms with van der Waals surface area (Å²) in [5.74, 6) is 3.86. The van der Waals surface area contributed by atoms with Gasteiger partial charge in [0.1, 0.15) is 5.82 Å². The lowest BCUT2D eigenvalue weighted by Gasteiger charge is -1.99. The highest BCUT2D eigenvalue weighted by Crippen LogP contribution is 2.15. The molecule has 0 aliphatic heterocycles. The van der Waals surface area contributed by atoms with Crippen molar-refractivity contribution in [2.75, 3.05) is 0 Å². The zero-order valence-corrected chi connectivity index (χ0v) is 8.78. The summed E-state index contributed by atoms with van der Waals surface area (Å²) >= 11 is 2.96. The van der Waals surface area contributed by atoms with Crippen LogP contribution in [-0.4, -0.2) is 5.91 Å². The molecule has 0 aliphatic rings. The van der Waals surface area contributed by atoms with E-state index in [0.717, 1.165) is 6.07 Å². The SMILES string of the molecule is Cl.NNC(=O)c1ccc(Br)c(F)c1. The average molecular weight is 270 g/mol. The van der Waals surface area contributed by atoms with Crippen molar-refractivity contribution >= 4 is 34.2 Å². The molecule has 0 saturated carbocycles. The van der Waals surface area contributed by atoms with Gasteiger partial charge in [-0.2, -0.15) is 0 Å². The molecule has 0 saturated heterocycles. The van der Waals surface area contributed by atoms with Crippen molar-refractivity contribution in [2.45, 2.75) is 0 Å². The van der Waals surface area contributed by atoms with Crippen LogP contribution in [0.1, 0.15) is 10.4 Å². The highest BCUT2D eigenvalue weighted by Gasteiger charge is 2.06. The minimum Gasteiger partial charge on any atom is -0.290 e. The number of amides is 1. The van der Waals surface area contributed by atoms with Gasteiger partial charge in [-0.05, 0) is 34.1 Å². The molecular formula is C7H7BrClFN2O. The van der Waals surface area contributed by atoms with Crippen molar-refractivity contribution in [3.05, 3.63) is 34.1 Å². The van der Waals surface area contributed by atoms with Gasteiger partial charge in [0.05, 0.1) is 4.47 Å². The van der Waals surface area contributed by atoms with E-state index in [1.807, 2.05) is 5.43 Å². The number of carbonyl (C=O) groups excluding carboxylic acids is 1. The molecule has 0 radical (unpaired) electrons. The maximum atomic E-state index is 12.8. The van der Waals surface area contributed by atoms with E-state index in [2.05, 4.69) is 15.9 Å². The molecule has 0 heterocycles. The number of hydrazine groups is 1. The maximum absolute atomic E-state index is 12.8. The fourth-order valence-electron chi connectivity index (χ4n) is 0.721. The van der Waals surface area contributed by atoms with Gasteiger partial charge in [-0.25, -0.2) is 10.2 Å². The Morgan fingerprint density at radius 2 is 2.15 bits per heavy atom. The van der Waals surface area contributed by atoms with Gasteiger partial charge >= 0.3 is 0 Å². The van der Waals surface area contributed by atoms with Crippen molar-refractivity contribution in [2.24, 2.45) is 5.84 Å². The smallest absolute Gasteiger partial charge is 0.265 e.